The van der Waals surface area contributed by atoms with Crippen molar-refractivity contribution in [1.82, 2.24) is 5.32 Å². The number of nitrogens with zero attached hydrogens (tertiary/aromatic N) is 1. The maximum Gasteiger partial charge on any atom is 0.244 e. The molecule has 0 saturated heterocycles. The van der Waals surface area contributed by atoms with Crippen LogP contribution in [-0.4, -0.2) is 33.7 Å². The Kier molecular flexibility index (Phi) is 7.53. The summed E-state index contributed by atoms with van der Waals surface area (Å²) < 4.78 is 31.5. The monoisotopic (exact) mass is 432 g/mol. The van der Waals surface area contributed by atoms with Gasteiger partial charge < -0.3 is 10.1 Å². The second-order valence-electron chi connectivity index (χ2n) is 7.91. The van der Waals surface area contributed by atoms with Gasteiger partial charge in [0.15, 0.2) is 0 Å². The third-order valence-corrected chi connectivity index (χ3v) is 6.41. The summed E-state index contributed by atoms with van der Waals surface area (Å²) in [5, 5.41) is 2.98. The molecule has 1 amide bonds. The minimum absolute atomic E-state index is 0.264. The minimum Gasteiger partial charge on any atom is -0.496 e. The van der Waals surface area contributed by atoms with Crippen LogP contribution in [0.25, 0.3) is 0 Å². The molecule has 0 aliphatic heterocycles. The molecule has 0 heterocycles. The van der Waals surface area contributed by atoms with Crippen molar-refractivity contribution in [3.8, 4) is 5.75 Å². The number of carbonyl (C=O) groups excluding carboxylic acids is 1. The lowest BCUT2D eigenvalue weighted by Crippen LogP contribution is -2.48. The van der Waals surface area contributed by atoms with Gasteiger partial charge in [-0.3, -0.25) is 9.10 Å². The van der Waals surface area contributed by atoms with Gasteiger partial charge in [-0.1, -0.05) is 32.0 Å². The Morgan fingerprint density at radius 2 is 1.63 bits per heavy atom. The summed E-state index contributed by atoms with van der Waals surface area (Å²) in [6, 6.07) is 11.5. The molecule has 0 unspecified atom stereocenters. The molecule has 0 aliphatic rings. The van der Waals surface area contributed by atoms with E-state index in [2.05, 4.69) is 25.2 Å². The van der Waals surface area contributed by atoms with Crippen LogP contribution >= 0.6 is 0 Å². The average molecular weight is 433 g/mol. The van der Waals surface area contributed by atoms with Gasteiger partial charge in [0.2, 0.25) is 15.9 Å². The summed E-state index contributed by atoms with van der Waals surface area (Å²) in [5.74, 6) is 0.725. The molecule has 1 N–H and O–H groups in total. The molecule has 0 aromatic heterocycles. The number of amides is 1. The molecule has 2 rings (SSSR count). The summed E-state index contributed by atoms with van der Waals surface area (Å²) >= 11 is 0. The van der Waals surface area contributed by atoms with Crippen molar-refractivity contribution in [3.63, 3.8) is 0 Å². The van der Waals surface area contributed by atoms with Crippen LogP contribution in [0.5, 0.6) is 5.75 Å². The summed E-state index contributed by atoms with van der Waals surface area (Å²) in [6.07, 6.45) is 1.11. The zero-order valence-corrected chi connectivity index (χ0v) is 19.6. The molecule has 2 atom stereocenters. The third kappa shape index (κ3) is 5.33. The molecule has 6 nitrogen and oxygen atoms in total. The topological polar surface area (TPSA) is 75.7 Å². The number of nitrogens with one attached hydrogen (secondary N) is 1. The maximum absolute atomic E-state index is 13.0. The summed E-state index contributed by atoms with van der Waals surface area (Å²) in [7, 11) is -1.99. The molecule has 0 radical (unpaired) electrons. The van der Waals surface area contributed by atoms with Gasteiger partial charge in [-0.2, -0.15) is 0 Å². The second kappa shape index (κ2) is 9.51. The van der Waals surface area contributed by atoms with Gasteiger partial charge >= 0.3 is 0 Å². The second-order valence-corrected chi connectivity index (χ2v) is 9.77. The zero-order valence-electron chi connectivity index (χ0n) is 18.8. The standard InChI is InChI=1S/C23H32N2O4S/c1-15(2)20-14-21(16(3)13-22(20)29-6)17(4)24-23(26)18(5)25(30(7,27)28)19-11-9-8-10-12-19/h8-15,17-18H,1-7H3,(H,24,26)/t17-,18-/m0/s1. The number of methoxy groups -OCH3 is 1. The third-order valence-electron chi connectivity index (χ3n) is 5.16. The van der Waals surface area contributed by atoms with E-state index in [1.54, 1.807) is 44.4 Å². The molecular weight excluding hydrogens is 400 g/mol. The number of rotatable bonds is 8. The van der Waals surface area contributed by atoms with E-state index >= 15 is 0 Å². The predicted molar refractivity (Wildman–Crippen MR) is 122 cm³/mol. The van der Waals surface area contributed by atoms with Crippen LogP contribution < -0.4 is 14.4 Å². The highest BCUT2D eigenvalue weighted by molar-refractivity contribution is 7.92. The van der Waals surface area contributed by atoms with E-state index in [1.807, 2.05) is 19.9 Å². The number of anilines is 1. The number of carbonyl (C=O) groups is 1. The van der Waals surface area contributed by atoms with Crippen LogP contribution in [0.3, 0.4) is 0 Å². The van der Waals surface area contributed by atoms with Crippen LogP contribution in [0, 0.1) is 6.92 Å². The number of ether oxygens (including phenoxy) is 1. The molecule has 0 fully saturated rings. The number of benzene rings is 2. The molecular formula is C23H32N2O4S. The number of sulfonamides is 1. The van der Waals surface area contributed by atoms with Crippen molar-refractivity contribution < 1.29 is 17.9 Å². The van der Waals surface area contributed by atoms with Crippen LogP contribution in [-0.2, 0) is 14.8 Å². The van der Waals surface area contributed by atoms with E-state index in [9.17, 15) is 13.2 Å². The molecule has 0 aliphatic carbocycles. The normalized spacial score (nSPS) is 13.6. The Balaban J connectivity index is 2.31. The van der Waals surface area contributed by atoms with Crippen LogP contribution in [0.2, 0.25) is 0 Å². The van der Waals surface area contributed by atoms with Crippen molar-refractivity contribution in [2.75, 3.05) is 17.7 Å². The molecule has 0 spiro atoms. The first kappa shape index (κ1) is 23.7. The Hall–Kier alpha value is -2.54. The number of aryl methyl sites for hydroxylation is 1. The minimum atomic E-state index is -3.64. The lowest BCUT2D eigenvalue weighted by Gasteiger charge is -2.29. The Morgan fingerprint density at radius 1 is 1.03 bits per heavy atom. The van der Waals surface area contributed by atoms with Gasteiger partial charge in [0.1, 0.15) is 11.8 Å². The highest BCUT2D eigenvalue weighted by Crippen LogP contribution is 2.32. The average Bonchev–Trinajstić information content (AvgIpc) is 2.66. The van der Waals surface area contributed by atoms with Gasteiger partial charge in [-0.25, -0.2) is 8.42 Å². The van der Waals surface area contributed by atoms with Gasteiger partial charge in [0.25, 0.3) is 0 Å². The molecule has 2 aromatic rings. The van der Waals surface area contributed by atoms with E-state index in [-0.39, 0.29) is 17.9 Å². The first-order chi connectivity index (χ1) is 14.0. The lowest BCUT2D eigenvalue weighted by atomic mass is 9.93. The van der Waals surface area contributed by atoms with Crippen LogP contribution in [0.4, 0.5) is 5.69 Å². The molecule has 7 heteroatoms. The van der Waals surface area contributed by atoms with Crippen LogP contribution in [0.1, 0.15) is 56.3 Å². The van der Waals surface area contributed by atoms with Gasteiger partial charge in [-0.05, 0) is 67.6 Å². The quantitative estimate of drug-likeness (QED) is 0.680. The smallest absolute Gasteiger partial charge is 0.244 e. The first-order valence-electron chi connectivity index (χ1n) is 10.0. The highest BCUT2D eigenvalue weighted by atomic mass is 32.2. The molecule has 0 saturated carbocycles. The van der Waals surface area contributed by atoms with Crippen molar-refractivity contribution in [2.45, 2.75) is 52.6 Å². The van der Waals surface area contributed by atoms with Crippen molar-refractivity contribution in [1.29, 1.82) is 0 Å². The highest BCUT2D eigenvalue weighted by Gasteiger charge is 2.30. The van der Waals surface area contributed by atoms with Gasteiger partial charge in [-0.15, -0.1) is 0 Å². The molecule has 164 valence electrons. The summed E-state index contributed by atoms with van der Waals surface area (Å²) in [4.78, 5) is 13.0. The summed E-state index contributed by atoms with van der Waals surface area (Å²) in [6.45, 7) is 9.65. The lowest BCUT2D eigenvalue weighted by molar-refractivity contribution is -0.122. The number of hydrogen-bond acceptors (Lipinski definition) is 4. The van der Waals surface area contributed by atoms with E-state index in [4.69, 9.17) is 4.74 Å². The zero-order chi connectivity index (χ0) is 22.6. The van der Waals surface area contributed by atoms with Gasteiger partial charge in [0, 0.05) is 0 Å². The van der Waals surface area contributed by atoms with Crippen molar-refractivity contribution in [2.24, 2.45) is 0 Å². The Bertz CT molecular complexity index is 988. The molecule has 0 bridgehead atoms. The fourth-order valence-corrected chi connectivity index (χ4v) is 4.78. The van der Waals surface area contributed by atoms with E-state index in [0.717, 1.165) is 33.0 Å². The largest absolute Gasteiger partial charge is 0.496 e. The Morgan fingerprint density at radius 3 is 2.13 bits per heavy atom. The van der Waals surface area contributed by atoms with Crippen molar-refractivity contribution >= 4 is 21.6 Å². The van der Waals surface area contributed by atoms with E-state index < -0.39 is 16.1 Å². The Labute approximate surface area is 180 Å². The van der Waals surface area contributed by atoms with Gasteiger partial charge in [0.05, 0.1) is 25.1 Å². The fraction of sp³-hybridized carbons (Fsp3) is 0.435. The van der Waals surface area contributed by atoms with Crippen molar-refractivity contribution in [3.05, 3.63) is 59.2 Å². The number of hydrogen-bond donors (Lipinski definition) is 1. The first-order valence-corrected chi connectivity index (χ1v) is 11.9. The SMILES string of the molecule is COc1cc(C)c([C@H](C)NC(=O)[C@H](C)N(c2ccccc2)S(C)(=O)=O)cc1C(C)C. The molecule has 30 heavy (non-hydrogen) atoms. The number of para-hydroxylation sites is 1. The maximum atomic E-state index is 13.0. The van der Waals surface area contributed by atoms with E-state index in [1.165, 1.54) is 0 Å². The fourth-order valence-electron chi connectivity index (χ4n) is 3.61. The van der Waals surface area contributed by atoms with Crippen LogP contribution in [0.15, 0.2) is 42.5 Å². The summed E-state index contributed by atoms with van der Waals surface area (Å²) in [5.41, 5.74) is 3.50. The van der Waals surface area contributed by atoms with E-state index in [0.29, 0.717) is 5.69 Å². The molecule has 2 aromatic carbocycles. The predicted octanol–water partition coefficient (Wildman–Crippen LogP) is 4.16.